The first-order chi connectivity index (χ1) is 14.6. The molecule has 1 aliphatic rings. The van der Waals surface area contributed by atoms with Gasteiger partial charge in [0.05, 0.1) is 22.4 Å². The zero-order valence-electron chi connectivity index (χ0n) is 15.7. The minimum Gasteiger partial charge on any atom is -0.423 e. The van der Waals surface area contributed by atoms with Crippen molar-refractivity contribution < 1.29 is 19.1 Å². The van der Waals surface area contributed by atoms with E-state index in [9.17, 15) is 14.4 Å². The average Bonchev–Trinajstić information content (AvgIpc) is 3.04. The molecule has 0 bridgehead atoms. The summed E-state index contributed by atoms with van der Waals surface area (Å²) in [6.45, 7) is 0. The molecule has 5 rings (SSSR count). The highest BCUT2D eigenvalue weighted by molar-refractivity contribution is 6.35. The van der Waals surface area contributed by atoms with Gasteiger partial charge in [-0.15, -0.1) is 0 Å². The molecule has 0 aromatic heterocycles. The molecule has 0 saturated carbocycles. The SMILES string of the molecule is O=C(Oc1ccc2ccccc2c1)c1ccccc1N1C(=O)c2ccccc2C1=O. The van der Waals surface area contributed by atoms with Crippen LogP contribution in [0.15, 0.2) is 91.0 Å². The third-order valence-electron chi connectivity index (χ3n) is 5.09. The number of amides is 2. The molecule has 1 heterocycles. The summed E-state index contributed by atoms with van der Waals surface area (Å²) in [4.78, 5) is 39.7. The highest BCUT2D eigenvalue weighted by atomic mass is 16.5. The van der Waals surface area contributed by atoms with E-state index in [1.807, 2.05) is 30.3 Å². The second-order valence-electron chi connectivity index (χ2n) is 6.91. The van der Waals surface area contributed by atoms with Crippen molar-refractivity contribution in [1.29, 1.82) is 0 Å². The number of carbonyl (C=O) groups excluding carboxylic acids is 3. The number of para-hydroxylation sites is 1. The Kier molecular flexibility index (Phi) is 4.14. The Balaban J connectivity index is 1.50. The number of imide groups is 1. The van der Waals surface area contributed by atoms with Crippen molar-refractivity contribution in [3.05, 3.63) is 108 Å². The number of esters is 1. The summed E-state index contributed by atoms with van der Waals surface area (Å²) >= 11 is 0. The fraction of sp³-hybridized carbons (Fsp3) is 0. The number of anilines is 1. The van der Waals surface area contributed by atoms with Crippen molar-refractivity contribution in [3.63, 3.8) is 0 Å². The maximum atomic E-state index is 12.9. The molecule has 0 aliphatic carbocycles. The van der Waals surface area contributed by atoms with Gasteiger partial charge in [0.2, 0.25) is 0 Å². The van der Waals surface area contributed by atoms with Crippen LogP contribution in [0.3, 0.4) is 0 Å². The number of nitrogens with zero attached hydrogens (tertiary/aromatic N) is 1. The quantitative estimate of drug-likeness (QED) is 0.283. The standard InChI is InChI=1S/C25H15NO4/c27-23-19-9-3-4-10-20(19)24(28)26(23)22-12-6-5-11-21(22)25(29)30-18-14-13-16-7-1-2-8-17(16)15-18/h1-15H. The van der Waals surface area contributed by atoms with Crippen LogP contribution < -0.4 is 9.64 Å². The summed E-state index contributed by atoms with van der Waals surface area (Å²) in [5, 5.41) is 1.97. The van der Waals surface area contributed by atoms with E-state index in [2.05, 4.69) is 0 Å². The van der Waals surface area contributed by atoms with Crippen LogP contribution in [0.4, 0.5) is 5.69 Å². The van der Waals surface area contributed by atoms with Crippen molar-refractivity contribution in [2.24, 2.45) is 0 Å². The van der Waals surface area contributed by atoms with Crippen LogP contribution in [0.1, 0.15) is 31.1 Å². The molecule has 4 aromatic carbocycles. The van der Waals surface area contributed by atoms with E-state index in [4.69, 9.17) is 4.74 Å². The summed E-state index contributed by atoms with van der Waals surface area (Å²) < 4.78 is 5.57. The third-order valence-corrected chi connectivity index (χ3v) is 5.09. The fourth-order valence-electron chi connectivity index (χ4n) is 3.64. The lowest BCUT2D eigenvalue weighted by Crippen LogP contribution is -2.31. The summed E-state index contributed by atoms with van der Waals surface area (Å²) in [5.74, 6) is -1.17. The van der Waals surface area contributed by atoms with E-state index in [-0.39, 0.29) is 11.3 Å². The number of hydrogen-bond acceptors (Lipinski definition) is 4. The van der Waals surface area contributed by atoms with Crippen molar-refractivity contribution >= 4 is 34.2 Å². The van der Waals surface area contributed by atoms with Crippen LogP contribution in [0.5, 0.6) is 5.75 Å². The second-order valence-corrected chi connectivity index (χ2v) is 6.91. The molecule has 4 aromatic rings. The van der Waals surface area contributed by atoms with Crippen molar-refractivity contribution in [1.82, 2.24) is 0 Å². The van der Waals surface area contributed by atoms with E-state index < -0.39 is 17.8 Å². The molecule has 0 radical (unpaired) electrons. The largest absolute Gasteiger partial charge is 0.423 e. The Morgan fingerprint density at radius 2 is 1.27 bits per heavy atom. The Hall–Kier alpha value is -4.25. The molecule has 5 heteroatoms. The lowest BCUT2D eigenvalue weighted by Gasteiger charge is -2.17. The highest BCUT2D eigenvalue weighted by Gasteiger charge is 2.38. The molecular weight excluding hydrogens is 378 g/mol. The van der Waals surface area contributed by atoms with Crippen molar-refractivity contribution in [2.45, 2.75) is 0 Å². The van der Waals surface area contributed by atoms with Crippen LogP contribution in [0.2, 0.25) is 0 Å². The van der Waals surface area contributed by atoms with Gasteiger partial charge in [0.1, 0.15) is 5.75 Å². The van der Waals surface area contributed by atoms with Crippen LogP contribution in [-0.4, -0.2) is 17.8 Å². The van der Waals surface area contributed by atoms with E-state index in [1.54, 1.807) is 60.7 Å². The number of rotatable bonds is 3. The molecule has 0 unspecified atom stereocenters. The molecule has 0 saturated heterocycles. The summed E-state index contributed by atoms with van der Waals surface area (Å²) in [6, 6.07) is 26.2. The molecule has 1 aliphatic heterocycles. The van der Waals surface area contributed by atoms with Gasteiger partial charge < -0.3 is 4.74 Å². The first-order valence-electron chi connectivity index (χ1n) is 9.41. The predicted molar refractivity (Wildman–Crippen MR) is 113 cm³/mol. The highest BCUT2D eigenvalue weighted by Crippen LogP contribution is 2.31. The number of fused-ring (bicyclic) bond motifs is 2. The van der Waals surface area contributed by atoms with E-state index >= 15 is 0 Å². The Labute approximate surface area is 172 Å². The fourth-order valence-corrected chi connectivity index (χ4v) is 3.64. The summed E-state index contributed by atoms with van der Waals surface area (Å²) in [7, 11) is 0. The third kappa shape index (κ3) is 2.84. The molecule has 0 spiro atoms. The van der Waals surface area contributed by atoms with Gasteiger partial charge in [-0.25, -0.2) is 9.69 Å². The maximum absolute atomic E-state index is 12.9. The topological polar surface area (TPSA) is 63.7 Å². The van der Waals surface area contributed by atoms with Crippen LogP contribution >= 0.6 is 0 Å². The number of benzene rings is 4. The normalized spacial score (nSPS) is 12.9. The van der Waals surface area contributed by atoms with Gasteiger partial charge in [-0.1, -0.05) is 54.6 Å². The first-order valence-corrected chi connectivity index (χ1v) is 9.41. The Morgan fingerprint density at radius 1 is 0.667 bits per heavy atom. The molecule has 144 valence electrons. The smallest absolute Gasteiger partial charge is 0.345 e. The van der Waals surface area contributed by atoms with Gasteiger partial charge in [0.15, 0.2) is 0 Å². The van der Waals surface area contributed by atoms with Crippen LogP contribution in [-0.2, 0) is 0 Å². The van der Waals surface area contributed by atoms with Gasteiger partial charge in [-0.3, -0.25) is 9.59 Å². The van der Waals surface area contributed by atoms with Gasteiger partial charge in [-0.05, 0) is 47.2 Å². The molecule has 2 amide bonds. The molecule has 5 nitrogen and oxygen atoms in total. The Bertz CT molecular complexity index is 1310. The number of carbonyl (C=O) groups is 3. The number of ether oxygens (including phenoxy) is 1. The van der Waals surface area contributed by atoms with Gasteiger partial charge >= 0.3 is 5.97 Å². The second kappa shape index (κ2) is 6.97. The Morgan fingerprint density at radius 3 is 2.00 bits per heavy atom. The summed E-state index contributed by atoms with van der Waals surface area (Å²) in [5.41, 5.74) is 0.982. The van der Waals surface area contributed by atoms with Crippen molar-refractivity contribution in [2.75, 3.05) is 4.90 Å². The molecule has 30 heavy (non-hydrogen) atoms. The summed E-state index contributed by atoms with van der Waals surface area (Å²) in [6.07, 6.45) is 0. The predicted octanol–water partition coefficient (Wildman–Crippen LogP) is 4.86. The van der Waals surface area contributed by atoms with Crippen LogP contribution in [0, 0.1) is 0 Å². The lowest BCUT2D eigenvalue weighted by atomic mass is 10.1. The van der Waals surface area contributed by atoms with Crippen LogP contribution in [0.25, 0.3) is 10.8 Å². The molecule has 0 N–H and O–H groups in total. The lowest BCUT2D eigenvalue weighted by molar-refractivity contribution is 0.0736. The zero-order chi connectivity index (χ0) is 20.7. The zero-order valence-corrected chi connectivity index (χ0v) is 15.7. The van der Waals surface area contributed by atoms with Gasteiger partial charge in [0, 0.05) is 0 Å². The molecule has 0 fully saturated rings. The monoisotopic (exact) mass is 393 g/mol. The average molecular weight is 393 g/mol. The van der Waals surface area contributed by atoms with Crippen molar-refractivity contribution in [3.8, 4) is 5.75 Å². The molecular formula is C25H15NO4. The number of hydrogen-bond donors (Lipinski definition) is 0. The first kappa shape index (κ1) is 17.8. The maximum Gasteiger partial charge on any atom is 0.345 e. The van der Waals surface area contributed by atoms with E-state index in [1.165, 1.54) is 0 Å². The van der Waals surface area contributed by atoms with Gasteiger partial charge in [-0.2, -0.15) is 0 Å². The van der Waals surface area contributed by atoms with E-state index in [0.29, 0.717) is 16.9 Å². The minimum atomic E-state index is -0.641. The van der Waals surface area contributed by atoms with E-state index in [0.717, 1.165) is 15.7 Å². The minimum absolute atomic E-state index is 0.139. The van der Waals surface area contributed by atoms with Gasteiger partial charge in [0.25, 0.3) is 11.8 Å². The molecule has 0 atom stereocenters.